The molecule has 0 aliphatic rings. The average Bonchev–Trinajstić information content (AvgIpc) is 2.14. The van der Waals surface area contributed by atoms with Gasteiger partial charge in [0.25, 0.3) is 0 Å². The van der Waals surface area contributed by atoms with Gasteiger partial charge in [0.2, 0.25) is 0 Å². The summed E-state index contributed by atoms with van der Waals surface area (Å²) < 4.78 is 0. The topological polar surface area (TPSA) is 17.1 Å². The Morgan fingerprint density at radius 3 is 2.67 bits per heavy atom. The Balaban J connectivity index is 2.52. The van der Waals surface area contributed by atoms with Crippen molar-refractivity contribution in [1.82, 2.24) is 0 Å². The normalized spacial score (nSPS) is 9.67. The van der Waals surface area contributed by atoms with E-state index in [1.807, 2.05) is 42.5 Å². The quantitative estimate of drug-likeness (QED) is 0.617. The van der Waals surface area contributed by atoms with Crippen LogP contribution >= 0.6 is 0 Å². The summed E-state index contributed by atoms with van der Waals surface area (Å²) in [6.45, 7) is 0. The molecule has 1 nitrogen and oxygen atoms in total. The SMILES string of the molecule is O=C=CCC=Cc1ccccc1. The molecule has 0 saturated carbocycles. The first-order valence-corrected chi connectivity index (χ1v) is 3.84. The summed E-state index contributed by atoms with van der Waals surface area (Å²) in [5.41, 5.74) is 1.15. The second-order valence-electron chi connectivity index (χ2n) is 2.37. The van der Waals surface area contributed by atoms with Gasteiger partial charge in [-0.05, 0) is 12.0 Å². The highest BCUT2D eigenvalue weighted by Gasteiger charge is 1.80. The molecule has 1 aromatic rings. The lowest BCUT2D eigenvalue weighted by atomic mass is 10.2. The molecule has 0 radical (unpaired) electrons. The highest BCUT2D eigenvalue weighted by atomic mass is 16.1. The predicted octanol–water partition coefficient (Wildman–Crippen LogP) is 2.48. The van der Waals surface area contributed by atoms with Crippen LogP contribution in [-0.2, 0) is 4.79 Å². The van der Waals surface area contributed by atoms with Gasteiger partial charge >= 0.3 is 0 Å². The van der Waals surface area contributed by atoms with E-state index in [9.17, 15) is 4.79 Å². The van der Waals surface area contributed by atoms with E-state index in [4.69, 9.17) is 0 Å². The van der Waals surface area contributed by atoms with Crippen LogP contribution in [0.15, 0.2) is 42.5 Å². The predicted molar refractivity (Wildman–Crippen MR) is 50.4 cm³/mol. The van der Waals surface area contributed by atoms with Gasteiger partial charge in [-0.3, -0.25) is 0 Å². The first-order chi connectivity index (χ1) is 5.93. The van der Waals surface area contributed by atoms with Crippen LogP contribution in [0.5, 0.6) is 0 Å². The minimum Gasteiger partial charge on any atom is -0.234 e. The Hall–Kier alpha value is -1.59. The van der Waals surface area contributed by atoms with Crippen molar-refractivity contribution in [2.24, 2.45) is 0 Å². The highest BCUT2D eigenvalue weighted by Crippen LogP contribution is 2.01. The third-order valence-electron chi connectivity index (χ3n) is 1.45. The first kappa shape index (κ1) is 8.51. The molecule has 0 aliphatic carbocycles. The number of hydrogen-bond donors (Lipinski definition) is 0. The summed E-state index contributed by atoms with van der Waals surface area (Å²) in [5.74, 6) is 1.73. The third-order valence-corrected chi connectivity index (χ3v) is 1.45. The fraction of sp³-hybridized carbons (Fsp3) is 0.0909. The molecule has 0 amide bonds. The number of carbonyl (C=O) groups excluding carboxylic acids is 1. The molecular formula is C11H10O. The molecule has 1 aromatic carbocycles. The van der Waals surface area contributed by atoms with Gasteiger partial charge in [-0.25, -0.2) is 4.79 Å². The molecule has 0 saturated heterocycles. The fourth-order valence-electron chi connectivity index (χ4n) is 0.884. The minimum atomic E-state index is 0.651. The zero-order chi connectivity index (χ0) is 8.65. The molecule has 0 bridgehead atoms. The summed E-state index contributed by atoms with van der Waals surface area (Å²) in [7, 11) is 0. The van der Waals surface area contributed by atoms with Crippen LogP contribution in [0.4, 0.5) is 0 Å². The Bertz CT molecular complexity index is 292. The Labute approximate surface area is 72.0 Å². The van der Waals surface area contributed by atoms with Crippen LogP contribution in [0.3, 0.4) is 0 Å². The molecule has 0 N–H and O–H groups in total. The summed E-state index contributed by atoms with van der Waals surface area (Å²) >= 11 is 0. The zero-order valence-electron chi connectivity index (χ0n) is 6.73. The maximum atomic E-state index is 9.80. The van der Waals surface area contributed by atoms with Gasteiger partial charge in [-0.2, -0.15) is 0 Å². The van der Waals surface area contributed by atoms with Gasteiger partial charge in [0.05, 0.1) is 0 Å². The van der Waals surface area contributed by atoms with Gasteiger partial charge < -0.3 is 0 Å². The minimum absolute atomic E-state index is 0.651. The van der Waals surface area contributed by atoms with Gasteiger partial charge in [0, 0.05) is 6.08 Å². The summed E-state index contributed by atoms with van der Waals surface area (Å²) in [6, 6.07) is 9.97. The molecule has 0 fully saturated rings. The average molecular weight is 158 g/mol. The van der Waals surface area contributed by atoms with Crippen molar-refractivity contribution in [2.75, 3.05) is 0 Å². The van der Waals surface area contributed by atoms with Gasteiger partial charge in [-0.15, -0.1) is 0 Å². The largest absolute Gasteiger partial charge is 0.234 e. The Morgan fingerprint density at radius 1 is 1.25 bits per heavy atom. The van der Waals surface area contributed by atoms with Crippen molar-refractivity contribution in [2.45, 2.75) is 6.42 Å². The van der Waals surface area contributed by atoms with Crippen LogP contribution in [0.2, 0.25) is 0 Å². The van der Waals surface area contributed by atoms with E-state index in [2.05, 4.69) is 0 Å². The molecule has 0 aromatic heterocycles. The smallest absolute Gasteiger partial charge is 0.120 e. The lowest BCUT2D eigenvalue weighted by Crippen LogP contribution is -1.67. The molecular weight excluding hydrogens is 148 g/mol. The second kappa shape index (κ2) is 5.11. The van der Waals surface area contributed by atoms with Gasteiger partial charge in [-0.1, -0.05) is 42.5 Å². The van der Waals surface area contributed by atoms with Crippen molar-refractivity contribution in [3.63, 3.8) is 0 Å². The van der Waals surface area contributed by atoms with E-state index < -0.39 is 0 Å². The molecule has 0 unspecified atom stereocenters. The maximum Gasteiger partial charge on any atom is 0.120 e. The third kappa shape index (κ3) is 3.00. The lowest BCUT2D eigenvalue weighted by molar-refractivity contribution is 0.568. The molecule has 12 heavy (non-hydrogen) atoms. The second-order valence-corrected chi connectivity index (χ2v) is 2.37. The Kier molecular flexibility index (Phi) is 3.62. The molecule has 0 aliphatic heterocycles. The number of rotatable bonds is 3. The summed E-state index contributed by atoms with van der Waals surface area (Å²) in [4.78, 5) is 9.80. The first-order valence-electron chi connectivity index (χ1n) is 3.84. The molecule has 1 heteroatoms. The van der Waals surface area contributed by atoms with Crippen LogP contribution in [0, 0.1) is 0 Å². The van der Waals surface area contributed by atoms with Crippen molar-refractivity contribution in [1.29, 1.82) is 0 Å². The number of allylic oxidation sites excluding steroid dienone is 2. The van der Waals surface area contributed by atoms with E-state index >= 15 is 0 Å². The van der Waals surface area contributed by atoms with Crippen molar-refractivity contribution < 1.29 is 4.79 Å². The molecule has 0 spiro atoms. The van der Waals surface area contributed by atoms with E-state index in [1.165, 1.54) is 6.08 Å². The van der Waals surface area contributed by atoms with Crippen molar-refractivity contribution in [3.8, 4) is 0 Å². The lowest BCUT2D eigenvalue weighted by Gasteiger charge is -1.88. The van der Waals surface area contributed by atoms with Crippen LogP contribution in [0.25, 0.3) is 6.08 Å². The van der Waals surface area contributed by atoms with E-state index in [-0.39, 0.29) is 0 Å². The van der Waals surface area contributed by atoms with E-state index in [1.54, 1.807) is 5.94 Å². The van der Waals surface area contributed by atoms with Crippen LogP contribution in [0.1, 0.15) is 12.0 Å². The zero-order valence-corrected chi connectivity index (χ0v) is 6.73. The molecule has 0 atom stereocenters. The van der Waals surface area contributed by atoms with Crippen LogP contribution < -0.4 is 0 Å². The maximum absolute atomic E-state index is 9.80. The fourth-order valence-corrected chi connectivity index (χ4v) is 0.884. The number of hydrogen-bond acceptors (Lipinski definition) is 1. The van der Waals surface area contributed by atoms with E-state index in [0.717, 1.165) is 5.56 Å². The molecule has 60 valence electrons. The van der Waals surface area contributed by atoms with E-state index in [0.29, 0.717) is 6.42 Å². The molecule has 0 heterocycles. The van der Waals surface area contributed by atoms with Gasteiger partial charge in [0.1, 0.15) is 5.94 Å². The van der Waals surface area contributed by atoms with Gasteiger partial charge in [0.15, 0.2) is 0 Å². The van der Waals surface area contributed by atoms with Crippen LogP contribution in [-0.4, -0.2) is 5.94 Å². The Morgan fingerprint density at radius 2 is 2.00 bits per heavy atom. The van der Waals surface area contributed by atoms with Crippen molar-refractivity contribution in [3.05, 3.63) is 48.0 Å². The monoisotopic (exact) mass is 158 g/mol. The number of benzene rings is 1. The standard InChI is InChI=1S/C11H10O/c12-10-6-2-5-9-11-7-3-1-4-8-11/h1,3-9H,2H2. The highest BCUT2D eigenvalue weighted by molar-refractivity contribution is 5.51. The van der Waals surface area contributed by atoms with Crippen molar-refractivity contribution >= 4 is 12.0 Å². The molecule has 1 rings (SSSR count). The summed E-state index contributed by atoms with van der Waals surface area (Å²) in [6.07, 6.45) is 6.02. The summed E-state index contributed by atoms with van der Waals surface area (Å²) in [5, 5.41) is 0.